The van der Waals surface area contributed by atoms with Crippen molar-refractivity contribution in [2.24, 2.45) is 11.8 Å². The summed E-state index contributed by atoms with van der Waals surface area (Å²) in [6.45, 7) is 0.911. The Hall–Kier alpha value is -4.08. The molecule has 12 nitrogen and oxygen atoms in total. The third kappa shape index (κ3) is 7.66. The fraction of sp³-hybridized carbons (Fsp3) is 0.519. The van der Waals surface area contributed by atoms with E-state index in [1.165, 1.54) is 32.3 Å². The average Bonchev–Trinajstić information content (AvgIpc) is 3.68. The summed E-state index contributed by atoms with van der Waals surface area (Å²) in [4.78, 5) is 78.5. The van der Waals surface area contributed by atoms with Crippen LogP contribution < -0.4 is 26.8 Å². The van der Waals surface area contributed by atoms with Gasteiger partial charge in [-0.15, -0.1) is 11.3 Å². The minimum absolute atomic E-state index is 0.0705. The number of hydrogen-bond donors (Lipinski definition) is 4. The summed E-state index contributed by atoms with van der Waals surface area (Å²) < 4.78 is 40.4. The van der Waals surface area contributed by atoms with E-state index in [2.05, 4.69) is 26.3 Å². The van der Waals surface area contributed by atoms with Crippen molar-refractivity contribution in [3.8, 4) is 0 Å². The smallest absolute Gasteiger partial charge is 0.353 e. The number of nitrogens with one attached hydrogen (secondary N) is 4. The number of anilines is 1. The molecule has 232 valence electrons. The molecule has 2 aromatic heterocycles. The third-order valence-corrected chi connectivity index (χ3v) is 8.89. The first kappa shape index (κ1) is 31.8. The SMILES string of the molecule is CNC(=O)C(=O)CC[C@H](NC(=O)c1sc(C(F)(F)F)nc1C)C(=O)Nc1cccn(CC(=O)NC2CC3CCC2C3)c1=O. The fourth-order valence-electron chi connectivity index (χ4n) is 5.55. The molecule has 0 aliphatic heterocycles. The van der Waals surface area contributed by atoms with E-state index in [-0.39, 0.29) is 41.2 Å². The molecule has 3 unspecified atom stereocenters. The van der Waals surface area contributed by atoms with Crippen LogP contribution in [0.25, 0.3) is 0 Å². The van der Waals surface area contributed by atoms with Crippen LogP contribution in [0.15, 0.2) is 23.1 Å². The molecule has 0 saturated heterocycles. The number of rotatable bonds is 11. The Labute approximate surface area is 247 Å². The maximum atomic E-state index is 13.2. The van der Waals surface area contributed by atoms with Gasteiger partial charge in [-0.2, -0.15) is 13.2 Å². The first-order valence-corrected chi connectivity index (χ1v) is 14.5. The van der Waals surface area contributed by atoms with Crippen LogP contribution in [0.4, 0.5) is 18.9 Å². The molecule has 2 bridgehead atoms. The molecule has 2 aliphatic carbocycles. The van der Waals surface area contributed by atoms with Gasteiger partial charge in [0, 0.05) is 25.7 Å². The molecule has 4 rings (SSSR count). The highest BCUT2D eigenvalue weighted by Gasteiger charge is 2.40. The number of thiazole rings is 1. The predicted octanol–water partition coefficient (Wildman–Crippen LogP) is 1.77. The zero-order valence-electron chi connectivity index (χ0n) is 23.4. The Morgan fingerprint density at radius 1 is 1.16 bits per heavy atom. The summed E-state index contributed by atoms with van der Waals surface area (Å²) in [5.74, 6) is -3.15. The van der Waals surface area contributed by atoms with Gasteiger partial charge in [0.25, 0.3) is 17.4 Å². The van der Waals surface area contributed by atoms with E-state index in [4.69, 9.17) is 0 Å². The molecule has 4 atom stereocenters. The molecule has 0 aromatic carbocycles. The molecular weight excluding hydrogens is 593 g/mol. The lowest BCUT2D eigenvalue weighted by molar-refractivity contribution is -0.137. The van der Waals surface area contributed by atoms with E-state index in [0.717, 1.165) is 30.3 Å². The number of likely N-dealkylation sites (N-methyl/N-ethyl adjacent to an activating group) is 1. The molecule has 2 saturated carbocycles. The number of halogens is 3. The summed E-state index contributed by atoms with van der Waals surface area (Å²) in [5.41, 5.74) is -1.16. The van der Waals surface area contributed by atoms with Gasteiger partial charge in [-0.1, -0.05) is 6.42 Å². The number of nitrogens with zero attached hydrogens (tertiary/aromatic N) is 2. The summed E-state index contributed by atoms with van der Waals surface area (Å²) in [7, 11) is 1.23. The van der Waals surface area contributed by atoms with E-state index >= 15 is 0 Å². The van der Waals surface area contributed by atoms with Gasteiger partial charge < -0.3 is 25.8 Å². The van der Waals surface area contributed by atoms with Crippen LogP contribution in [0.5, 0.6) is 0 Å². The number of alkyl halides is 3. The Bertz CT molecular complexity index is 1490. The van der Waals surface area contributed by atoms with Gasteiger partial charge in [-0.25, -0.2) is 4.98 Å². The monoisotopic (exact) mass is 624 g/mol. The zero-order valence-corrected chi connectivity index (χ0v) is 24.2. The van der Waals surface area contributed by atoms with Crippen LogP contribution in [0.2, 0.25) is 0 Å². The number of pyridine rings is 1. The van der Waals surface area contributed by atoms with E-state index in [1.54, 1.807) is 0 Å². The molecule has 2 aliphatic rings. The van der Waals surface area contributed by atoms with Gasteiger partial charge in [-0.05, 0) is 56.6 Å². The standard InChI is InChI=1S/C27H31F3N6O6S/c1-13-21(43-26(32-13)27(28,29)30)24(41)34-16(7-8-19(37)23(40)31-2)22(39)35-17-4-3-9-36(25(17)42)12-20(38)33-18-11-14-5-6-15(18)10-14/h3-4,9,14-16,18H,5-8,10-12H2,1-2H3,(H,31,40)(H,33,38)(H,34,41)(H,35,39)/t14?,15?,16-,18?/m0/s1. The van der Waals surface area contributed by atoms with Crippen molar-refractivity contribution in [2.45, 2.75) is 70.3 Å². The molecule has 2 heterocycles. The Balaban J connectivity index is 1.47. The number of aromatic nitrogens is 2. The quantitative estimate of drug-likeness (QED) is 0.276. The third-order valence-electron chi connectivity index (χ3n) is 7.68. The number of fused-ring (bicyclic) bond motifs is 2. The number of Topliss-reactive ketones (excluding diaryl/α,β-unsaturated/α-hetero) is 1. The second-order valence-corrected chi connectivity index (χ2v) is 11.7. The van der Waals surface area contributed by atoms with E-state index in [1.807, 2.05) is 0 Å². The fourth-order valence-corrected chi connectivity index (χ4v) is 6.39. The molecular formula is C27H31F3N6O6S. The normalized spacial score (nSPS) is 19.9. The van der Waals surface area contributed by atoms with Crippen LogP contribution in [0, 0.1) is 18.8 Å². The number of amides is 4. The maximum absolute atomic E-state index is 13.2. The Morgan fingerprint density at radius 2 is 1.91 bits per heavy atom. The first-order chi connectivity index (χ1) is 20.3. The second-order valence-electron chi connectivity index (χ2n) is 10.7. The highest BCUT2D eigenvalue weighted by atomic mass is 32.1. The molecule has 2 aromatic rings. The van der Waals surface area contributed by atoms with Crippen molar-refractivity contribution in [1.82, 2.24) is 25.5 Å². The summed E-state index contributed by atoms with van der Waals surface area (Å²) >= 11 is 0.0880. The van der Waals surface area contributed by atoms with Crippen molar-refractivity contribution < 1.29 is 37.1 Å². The van der Waals surface area contributed by atoms with Gasteiger partial charge in [0.15, 0.2) is 5.01 Å². The van der Waals surface area contributed by atoms with Gasteiger partial charge in [0.05, 0.1) is 5.69 Å². The lowest BCUT2D eigenvalue weighted by Crippen LogP contribution is -2.45. The van der Waals surface area contributed by atoms with Crippen molar-refractivity contribution in [3.05, 3.63) is 44.3 Å². The van der Waals surface area contributed by atoms with Crippen molar-refractivity contribution in [2.75, 3.05) is 12.4 Å². The second kappa shape index (κ2) is 13.1. The molecule has 16 heteroatoms. The molecule has 0 radical (unpaired) electrons. The highest BCUT2D eigenvalue weighted by molar-refractivity contribution is 7.13. The lowest BCUT2D eigenvalue weighted by atomic mass is 9.95. The van der Waals surface area contributed by atoms with E-state index in [0.29, 0.717) is 11.8 Å². The number of aryl methyl sites for hydroxylation is 1. The van der Waals surface area contributed by atoms with Gasteiger partial charge >= 0.3 is 6.18 Å². The predicted molar refractivity (Wildman–Crippen MR) is 148 cm³/mol. The summed E-state index contributed by atoms with van der Waals surface area (Å²) in [6, 6.07) is 1.26. The van der Waals surface area contributed by atoms with Gasteiger partial charge in [0.1, 0.15) is 23.2 Å². The van der Waals surface area contributed by atoms with E-state index < -0.39 is 64.0 Å². The van der Waals surface area contributed by atoms with Crippen molar-refractivity contribution in [1.29, 1.82) is 0 Å². The summed E-state index contributed by atoms with van der Waals surface area (Å²) in [6.07, 6.45) is -0.0690. The van der Waals surface area contributed by atoms with Crippen molar-refractivity contribution in [3.63, 3.8) is 0 Å². The van der Waals surface area contributed by atoms with Crippen molar-refractivity contribution >= 4 is 46.4 Å². The van der Waals surface area contributed by atoms with E-state index in [9.17, 15) is 41.9 Å². The first-order valence-electron chi connectivity index (χ1n) is 13.7. The van der Waals surface area contributed by atoms with Crippen LogP contribution >= 0.6 is 11.3 Å². The summed E-state index contributed by atoms with van der Waals surface area (Å²) in [5, 5.41) is 8.53. The van der Waals surface area contributed by atoms with Gasteiger partial charge in [-0.3, -0.25) is 28.8 Å². The molecule has 43 heavy (non-hydrogen) atoms. The molecule has 4 amide bonds. The number of carbonyl (C=O) groups is 5. The average molecular weight is 625 g/mol. The number of hydrogen-bond acceptors (Lipinski definition) is 8. The zero-order chi connectivity index (χ0) is 31.5. The number of ketones is 1. The maximum Gasteiger partial charge on any atom is 0.443 e. The minimum atomic E-state index is -4.79. The van der Waals surface area contributed by atoms with Crippen LogP contribution in [0.1, 0.15) is 58.9 Å². The lowest BCUT2D eigenvalue weighted by Gasteiger charge is -2.23. The topological polar surface area (TPSA) is 168 Å². The van der Waals surface area contributed by atoms with Crippen LogP contribution in [0.3, 0.4) is 0 Å². The molecule has 0 spiro atoms. The molecule has 4 N–H and O–H groups in total. The largest absolute Gasteiger partial charge is 0.443 e. The Kier molecular flexibility index (Phi) is 9.67. The minimum Gasteiger partial charge on any atom is -0.353 e. The number of carbonyl (C=O) groups excluding carboxylic acids is 5. The van der Waals surface area contributed by atoms with Crippen LogP contribution in [-0.2, 0) is 31.9 Å². The molecule has 2 fully saturated rings. The van der Waals surface area contributed by atoms with Gasteiger partial charge in [0.2, 0.25) is 17.6 Å². The van der Waals surface area contributed by atoms with Crippen LogP contribution in [-0.4, -0.2) is 58.1 Å². The Morgan fingerprint density at radius 3 is 2.51 bits per heavy atom. The highest BCUT2D eigenvalue weighted by Crippen LogP contribution is 2.44.